The number of methoxy groups -OCH3 is 1. The van der Waals surface area contributed by atoms with Crippen molar-refractivity contribution in [3.8, 4) is 0 Å². The van der Waals surface area contributed by atoms with E-state index in [4.69, 9.17) is 5.11 Å². The standard InChI is InChI=1S/C7H9F6O5P/c1-16-5(14)2-19(15,17-3-6(8,9)10)18-4-7(11,12)13/h2,14H,3-4H2,1H3/b5-2+. The number of ether oxygens (including phenoxy) is 1. The van der Waals surface area contributed by atoms with Gasteiger partial charge in [-0.2, -0.15) is 26.3 Å². The molecule has 0 aliphatic rings. The van der Waals surface area contributed by atoms with Gasteiger partial charge in [0.25, 0.3) is 5.95 Å². The predicted octanol–water partition coefficient (Wildman–Crippen LogP) is 3.34. The number of hydrogen-bond acceptors (Lipinski definition) is 5. The first kappa shape index (κ1) is 18.1. The maximum atomic E-state index is 11.8. The van der Waals surface area contributed by atoms with Crippen molar-refractivity contribution in [2.24, 2.45) is 0 Å². The van der Waals surface area contributed by atoms with E-state index in [1.807, 2.05) is 0 Å². The highest BCUT2D eigenvalue weighted by atomic mass is 31.2. The van der Waals surface area contributed by atoms with Crippen LogP contribution in [-0.2, 0) is 18.3 Å². The monoisotopic (exact) mass is 318 g/mol. The summed E-state index contributed by atoms with van der Waals surface area (Å²) in [4.78, 5) is 0. The van der Waals surface area contributed by atoms with Gasteiger partial charge < -0.3 is 9.84 Å². The highest BCUT2D eigenvalue weighted by Gasteiger charge is 2.38. The van der Waals surface area contributed by atoms with Crippen LogP contribution in [0.5, 0.6) is 0 Å². The minimum absolute atomic E-state index is 0.00444. The largest absolute Gasteiger partial charge is 0.481 e. The topological polar surface area (TPSA) is 65.0 Å². The van der Waals surface area contributed by atoms with Crippen LogP contribution in [0.3, 0.4) is 0 Å². The minimum Gasteiger partial charge on any atom is -0.481 e. The highest BCUT2D eigenvalue weighted by Crippen LogP contribution is 2.52. The maximum Gasteiger partial charge on any atom is 0.412 e. The van der Waals surface area contributed by atoms with Crippen LogP contribution < -0.4 is 0 Å². The van der Waals surface area contributed by atoms with Gasteiger partial charge in [-0.15, -0.1) is 0 Å². The molecular weight excluding hydrogens is 309 g/mol. The van der Waals surface area contributed by atoms with Crippen molar-refractivity contribution in [1.29, 1.82) is 0 Å². The van der Waals surface area contributed by atoms with Crippen LogP contribution in [0.1, 0.15) is 0 Å². The van der Waals surface area contributed by atoms with E-state index in [1.165, 1.54) is 0 Å². The van der Waals surface area contributed by atoms with Crippen LogP contribution in [0.4, 0.5) is 26.3 Å². The molecule has 0 aliphatic heterocycles. The smallest absolute Gasteiger partial charge is 0.412 e. The Morgan fingerprint density at radius 3 is 1.74 bits per heavy atom. The third-order valence-electron chi connectivity index (χ3n) is 1.29. The normalized spacial score (nSPS) is 14.6. The lowest BCUT2D eigenvalue weighted by Gasteiger charge is -2.17. The predicted molar refractivity (Wildman–Crippen MR) is 49.3 cm³/mol. The van der Waals surface area contributed by atoms with Gasteiger partial charge in [0, 0.05) is 0 Å². The van der Waals surface area contributed by atoms with Crippen LogP contribution >= 0.6 is 7.60 Å². The fourth-order valence-electron chi connectivity index (χ4n) is 0.626. The lowest BCUT2D eigenvalue weighted by Crippen LogP contribution is -2.19. The van der Waals surface area contributed by atoms with Crippen molar-refractivity contribution in [3.63, 3.8) is 0 Å². The second-order valence-corrected chi connectivity index (χ2v) is 4.84. The van der Waals surface area contributed by atoms with E-state index in [9.17, 15) is 30.9 Å². The van der Waals surface area contributed by atoms with Crippen molar-refractivity contribution in [3.05, 3.63) is 11.8 Å². The first-order valence-electron chi connectivity index (χ1n) is 4.35. The number of aliphatic hydroxyl groups is 1. The summed E-state index contributed by atoms with van der Waals surface area (Å²) in [5.41, 5.74) is 0. The van der Waals surface area contributed by atoms with Crippen molar-refractivity contribution >= 4 is 7.60 Å². The highest BCUT2D eigenvalue weighted by molar-refractivity contribution is 7.57. The Hall–Kier alpha value is -0.930. The summed E-state index contributed by atoms with van der Waals surface area (Å²) in [6.07, 6.45) is -9.87. The van der Waals surface area contributed by atoms with Gasteiger partial charge in [-0.3, -0.25) is 13.6 Å². The Balaban J connectivity index is 4.88. The Bertz CT molecular complexity index is 340. The van der Waals surface area contributed by atoms with Gasteiger partial charge in [0.15, 0.2) is 13.2 Å². The van der Waals surface area contributed by atoms with E-state index in [0.29, 0.717) is 0 Å². The molecule has 1 N–H and O–H groups in total. The van der Waals surface area contributed by atoms with Crippen LogP contribution in [0.2, 0.25) is 0 Å². The average Bonchev–Trinajstić information content (AvgIpc) is 2.22. The first-order valence-corrected chi connectivity index (χ1v) is 5.96. The molecule has 0 saturated heterocycles. The molecule has 0 aromatic rings. The molecule has 0 saturated carbocycles. The Morgan fingerprint density at radius 1 is 1.11 bits per heavy atom. The molecule has 0 aliphatic carbocycles. The molecule has 0 atom stereocenters. The Kier molecular flexibility index (Phi) is 6.17. The van der Waals surface area contributed by atoms with E-state index in [0.717, 1.165) is 7.11 Å². The van der Waals surface area contributed by atoms with Crippen LogP contribution in [0.15, 0.2) is 11.8 Å². The number of alkyl halides is 6. The van der Waals surface area contributed by atoms with Crippen molar-refractivity contribution in [1.82, 2.24) is 0 Å². The molecule has 0 rings (SSSR count). The molecule has 114 valence electrons. The summed E-state index contributed by atoms with van der Waals surface area (Å²) in [6, 6.07) is 0. The SMILES string of the molecule is CO/C(O)=C/P(=O)(OCC(F)(F)F)OCC(F)(F)F. The van der Waals surface area contributed by atoms with E-state index in [1.54, 1.807) is 0 Å². The van der Waals surface area contributed by atoms with Crippen molar-refractivity contribution in [2.45, 2.75) is 12.4 Å². The van der Waals surface area contributed by atoms with Crippen molar-refractivity contribution in [2.75, 3.05) is 20.3 Å². The van der Waals surface area contributed by atoms with E-state index in [2.05, 4.69) is 13.8 Å². The van der Waals surface area contributed by atoms with Crippen LogP contribution in [0.25, 0.3) is 0 Å². The molecule has 0 fully saturated rings. The van der Waals surface area contributed by atoms with Gasteiger partial charge in [0.2, 0.25) is 0 Å². The van der Waals surface area contributed by atoms with E-state index < -0.39 is 39.1 Å². The Labute approximate surface area is 103 Å². The molecule has 19 heavy (non-hydrogen) atoms. The number of rotatable bonds is 6. The third kappa shape index (κ3) is 9.62. The summed E-state index contributed by atoms with van der Waals surface area (Å²) in [5.74, 6) is -1.20. The molecule has 5 nitrogen and oxygen atoms in total. The molecule has 0 aromatic heterocycles. The number of halogens is 6. The van der Waals surface area contributed by atoms with Crippen LogP contribution in [-0.4, -0.2) is 37.8 Å². The first-order chi connectivity index (χ1) is 8.37. The second-order valence-electron chi connectivity index (χ2n) is 2.99. The van der Waals surface area contributed by atoms with E-state index >= 15 is 0 Å². The summed E-state index contributed by atoms with van der Waals surface area (Å²) in [7, 11) is -4.12. The fourth-order valence-corrected chi connectivity index (χ4v) is 1.88. The van der Waals surface area contributed by atoms with Gasteiger partial charge in [-0.1, -0.05) is 0 Å². The summed E-state index contributed by atoms with van der Waals surface area (Å²) < 4.78 is 94.1. The van der Waals surface area contributed by atoms with Gasteiger partial charge in [0.1, 0.15) is 5.82 Å². The fraction of sp³-hybridized carbons (Fsp3) is 0.714. The zero-order valence-corrected chi connectivity index (χ0v) is 10.2. The van der Waals surface area contributed by atoms with Gasteiger partial charge in [-0.25, -0.2) is 0 Å². The molecule has 0 amide bonds. The van der Waals surface area contributed by atoms with Gasteiger partial charge in [0.05, 0.1) is 7.11 Å². The zero-order valence-electron chi connectivity index (χ0n) is 9.29. The minimum atomic E-state index is -4.96. The number of hydrogen-bond donors (Lipinski definition) is 1. The summed E-state index contributed by atoms with van der Waals surface area (Å²) in [5, 5.41) is 8.80. The maximum absolute atomic E-state index is 11.8. The Morgan fingerprint density at radius 2 is 1.47 bits per heavy atom. The van der Waals surface area contributed by atoms with Gasteiger partial charge in [-0.05, 0) is 0 Å². The summed E-state index contributed by atoms with van der Waals surface area (Å²) >= 11 is 0. The molecule has 0 unspecified atom stereocenters. The molecular formula is C7H9F6O5P. The molecule has 0 aromatic carbocycles. The lowest BCUT2D eigenvalue weighted by atomic mass is 10.7. The lowest BCUT2D eigenvalue weighted by molar-refractivity contribution is -0.164. The molecule has 0 heterocycles. The zero-order chi connectivity index (χ0) is 15.3. The quantitative estimate of drug-likeness (QED) is 0.462. The van der Waals surface area contributed by atoms with E-state index in [-0.39, 0.29) is 5.82 Å². The van der Waals surface area contributed by atoms with Crippen molar-refractivity contribution < 1.29 is 49.8 Å². The third-order valence-corrected chi connectivity index (χ3v) is 2.81. The molecule has 0 radical (unpaired) electrons. The molecule has 0 bridgehead atoms. The van der Waals surface area contributed by atoms with Crippen LogP contribution in [0, 0.1) is 0 Å². The average molecular weight is 318 g/mol. The molecule has 0 spiro atoms. The number of aliphatic hydroxyl groups excluding tert-OH is 1. The summed E-state index contributed by atoms with van der Waals surface area (Å²) in [6.45, 7) is -4.23. The molecule has 12 heteroatoms. The van der Waals surface area contributed by atoms with Gasteiger partial charge >= 0.3 is 19.9 Å². The second kappa shape index (κ2) is 6.49.